The molecule has 0 radical (unpaired) electrons. The molecule has 0 aliphatic carbocycles. The van der Waals surface area contributed by atoms with Gasteiger partial charge in [-0.2, -0.15) is 0 Å². The number of hydrogen-bond donors (Lipinski definition) is 4. The van der Waals surface area contributed by atoms with Crippen LogP contribution in [0.5, 0.6) is 0 Å². The Morgan fingerprint density at radius 2 is 1.23 bits per heavy atom. The minimum Gasteiger partial charge on any atom is -0.467 e. The second-order valence-electron chi connectivity index (χ2n) is 9.73. The normalized spacial score (nSPS) is 14.3. The van der Waals surface area contributed by atoms with Crippen molar-refractivity contribution in [3.05, 3.63) is 12.3 Å². The van der Waals surface area contributed by atoms with Crippen molar-refractivity contribution < 1.29 is 43.0 Å². The number of nitrogens with one attached hydrogen (secondary N) is 4. The van der Waals surface area contributed by atoms with Gasteiger partial charge in [0.25, 0.3) is 0 Å². The Bertz CT molecular complexity index is 760. The molecule has 0 aliphatic rings. The first-order chi connectivity index (χ1) is 21.2. The molecule has 0 heterocycles. The molecule has 0 saturated carbocycles. The lowest BCUT2D eigenvalue weighted by Crippen LogP contribution is -2.48. The van der Waals surface area contributed by atoms with Gasteiger partial charge in [0, 0.05) is 45.6 Å². The van der Waals surface area contributed by atoms with Crippen molar-refractivity contribution in [2.75, 3.05) is 60.8 Å². The van der Waals surface area contributed by atoms with Gasteiger partial charge in [0.1, 0.15) is 12.6 Å². The van der Waals surface area contributed by atoms with Gasteiger partial charge >= 0.3 is 5.97 Å². The number of carbonyl (C=O) groups is 2. The summed E-state index contributed by atoms with van der Waals surface area (Å²) in [6.07, 6.45) is 4.97. The molecule has 6 atom stereocenters. The number of rotatable bonds is 30. The number of ether oxygens (including phenoxy) is 5. The van der Waals surface area contributed by atoms with E-state index >= 15 is 0 Å². The van der Waals surface area contributed by atoms with Gasteiger partial charge in [0.15, 0.2) is 12.6 Å². The minimum absolute atomic E-state index is 0.0218. The minimum atomic E-state index is -0.740. The summed E-state index contributed by atoms with van der Waals surface area (Å²) in [5.74, 6) is 0.889. The molecule has 0 spiro atoms. The molecule has 0 bridgehead atoms. The molecular formula is C27H56N4O9P2S2. The molecule has 0 aromatic rings. The van der Waals surface area contributed by atoms with Crippen LogP contribution in [0, 0.1) is 0 Å². The largest absolute Gasteiger partial charge is 0.467 e. The predicted octanol–water partition coefficient (Wildman–Crippen LogP) is 2.93. The molecule has 0 aromatic carbocycles. The van der Waals surface area contributed by atoms with Crippen LogP contribution < -0.4 is 20.8 Å². The van der Waals surface area contributed by atoms with Crippen LogP contribution in [-0.4, -0.2) is 109 Å². The highest BCUT2D eigenvalue weighted by atomic mass is 33.1. The van der Waals surface area contributed by atoms with Crippen molar-refractivity contribution in [2.45, 2.75) is 88.1 Å². The third kappa shape index (κ3) is 20.1. The predicted molar refractivity (Wildman–Crippen MR) is 184 cm³/mol. The second-order valence-corrected chi connectivity index (χ2v) is 13.1. The molecule has 0 rings (SSSR count). The maximum absolute atomic E-state index is 12.9. The van der Waals surface area contributed by atoms with Gasteiger partial charge in [0.05, 0.1) is 32.3 Å². The molecule has 0 saturated heterocycles. The molecule has 17 heteroatoms. The first-order valence-electron chi connectivity index (χ1n) is 14.5. The van der Waals surface area contributed by atoms with Gasteiger partial charge in [0.2, 0.25) is 5.91 Å². The van der Waals surface area contributed by atoms with Gasteiger partial charge in [-0.3, -0.25) is 15.0 Å². The first-order valence-corrected chi connectivity index (χ1v) is 18.2. The van der Waals surface area contributed by atoms with Crippen molar-refractivity contribution in [1.82, 2.24) is 20.8 Å². The fraction of sp³-hybridized carbons (Fsp3) is 0.852. The monoisotopic (exact) mass is 706 g/mol. The molecule has 0 fully saturated rings. The Morgan fingerprint density at radius 3 is 1.70 bits per heavy atom. The van der Waals surface area contributed by atoms with E-state index in [9.17, 15) is 9.59 Å². The lowest BCUT2D eigenvalue weighted by atomic mass is 10.1. The van der Waals surface area contributed by atoms with Gasteiger partial charge in [-0.25, -0.2) is 14.6 Å². The van der Waals surface area contributed by atoms with E-state index in [2.05, 4.69) is 46.2 Å². The Hall–Kier alpha value is -0.280. The average Bonchev–Trinajstić information content (AvgIpc) is 3.04. The summed E-state index contributed by atoms with van der Waals surface area (Å²) >= 11 is 0. The van der Waals surface area contributed by atoms with Crippen molar-refractivity contribution in [3.63, 3.8) is 0 Å². The van der Waals surface area contributed by atoms with Crippen LogP contribution in [0.25, 0.3) is 0 Å². The molecule has 260 valence electrons. The summed E-state index contributed by atoms with van der Waals surface area (Å²) < 4.78 is 25.8. The number of carbonyl (C=O) groups excluding carboxylic acids is 2. The highest BCUT2D eigenvalue weighted by molar-refractivity contribution is 8.76. The van der Waals surface area contributed by atoms with Gasteiger partial charge < -0.3 is 34.3 Å². The zero-order valence-electron chi connectivity index (χ0n) is 27.1. The van der Waals surface area contributed by atoms with Crippen molar-refractivity contribution in [2.24, 2.45) is 0 Å². The lowest BCUT2D eigenvalue weighted by molar-refractivity contribution is -0.276. The zero-order valence-corrected chi connectivity index (χ0v) is 31.0. The second kappa shape index (κ2) is 28.9. The van der Waals surface area contributed by atoms with Crippen LogP contribution in [0.15, 0.2) is 12.3 Å². The van der Waals surface area contributed by atoms with E-state index in [0.717, 1.165) is 42.9 Å². The van der Waals surface area contributed by atoms with Crippen molar-refractivity contribution in [1.29, 1.82) is 0 Å². The fourth-order valence-electron chi connectivity index (χ4n) is 4.16. The smallest absolute Gasteiger partial charge is 0.328 e. The summed E-state index contributed by atoms with van der Waals surface area (Å²) in [7, 11) is 17.6. The quantitative estimate of drug-likeness (QED) is 0.0165. The molecule has 44 heavy (non-hydrogen) atoms. The Labute approximate surface area is 276 Å². The number of esters is 1. The molecule has 4 unspecified atom stereocenters. The Morgan fingerprint density at radius 1 is 0.705 bits per heavy atom. The summed E-state index contributed by atoms with van der Waals surface area (Å²) in [6, 6.07) is -1.15. The third-order valence-electron chi connectivity index (χ3n) is 6.76. The fourth-order valence-corrected chi connectivity index (χ4v) is 7.03. The van der Waals surface area contributed by atoms with Gasteiger partial charge in [-0.15, -0.1) is 0 Å². The number of amides is 1. The number of methoxy groups -OCH3 is 5. The third-order valence-corrected chi connectivity index (χ3v) is 10.0. The molecule has 1 amide bonds. The van der Waals surface area contributed by atoms with Gasteiger partial charge in [-0.05, 0) is 51.4 Å². The highest BCUT2D eigenvalue weighted by Crippen LogP contribution is 2.25. The molecule has 0 aromatic heterocycles. The topological polar surface area (TPSA) is 147 Å². The van der Waals surface area contributed by atoms with Crippen LogP contribution in [0.4, 0.5) is 0 Å². The van der Waals surface area contributed by atoms with E-state index in [1.54, 1.807) is 50.0 Å². The van der Waals surface area contributed by atoms with E-state index in [1.165, 1.54) is 14.2 Å². The standard InChI is InChI=1S/C27H56N4O9P2S2/c1-19(28-20(18-40-39-7)10-8-12-24(34-2)35-3)21(30-41)14-16-43-44-17-15-22(31-42)26(32)29-23(27(33)38-6)11-9-13-25(36-4)37-5/h20-25,28,30-31H,1,8-18,41-42H2,2-7H3,(H,29,32)/t20-,21?,22?,23+/m0/s1. The molecular weight excluding hydrogens is 650 g/mol. The summed E-state index contributed by atoms with van der Waals surface area (Å²) in [6.45, 7) is 4.63. The lowest BCUT2D eigenvalue weighted by Gasteiger charge is -2.26. The van der Waals surface area contributed by atoms with E-state index in [-0.39, 0.29) is 30.6 Å². The van der Waals surface area contributed by atoms with Crippen LogP contribution in [-0.2, 0) is 43.0 Å². The zero-order chi connectivity index (χ0) is 33.2. The highest BCUT2D eigenvalue weighted by Gasteiger charge is 2.25. The molecule has 4 N–H and O–H groups in total. The maximum atomic E-state index is 12.9. The number of hydrogen-bond acceptors (Lipinski definition) is 14. The SMILES string of the molecule is C=C(N[C@@H](CCCC(OC)OC)COOC)C(CCSSCCC(NP)C(=O)N[C@H](CCCC(OC)OC)C(=O)OC)NP. The van der Waals surface area contributed by atoms with Crippen LogP contribution >= 0.6 is 40.4 Å². The molecule has 0 aliphatic heterocycles. The van der Waals surface area contributed by atoms with Crippen molar-refractivity contribution in [3.8, 4) is 0 Å². The maximum Gasteiger partial charge on any atom is 0.328 e. The van der Waals surface area contributed by atoms with Crippen molar-refractivity contribution >= 4 is 52.2 Å². The van der Waals surface area contributed by atoms with E-state index in [0.29, 0.717) is 32.3 Å². The Balaban J connectivity index is 4.62. The summed E-state index contributed by atoms with van der Waals surface area (Å²) in [5.41, 5.74) is 0.870. The van der Waals surface area contributed by atoms with Crippen LogP contribution in [0.1, 0.15) is 51.4 Å². The van der Waals surface area contributed by atoms with E-state index < -0.39 is 18.1 Å². The summed E-state index contributed by atoms with van der Waals surface area (Å²) in [4.78, 5) is 35.2. The van der Waals surface area contributed by atoms with Crippen LogP contribution in [0.3, 0.4) is 0 Å². The van der Waals surface area contributed by atoms with E-state index in [4.69, 9.17) is 33.5 Å². The van der Waals surface area contributed by atoms with Gasteiger partial charge in [-0.1, -0.05) is 46.9 Å². The first kappa shape index (κ1) is 43.7. The van der Waals surface area contributed by atoms with Crippen LogP contribution in [0.2, 0.25) is 0 Å². The Kier molecular flexibility index (Phi) is 28.7. The summed E-state index contributed by atoms with van der Waals surface area (Å²) in [5, 5.41) is 12.5. The average molecular weight is 707 g/mol. The van der Waals surface area contributed by atoms with E-state index in [1.807, 2.05) is 0 Å². The molecule has 13 nitrogen and oxygen atoms in total.